The minimum Gasteiger partial charge on any atom is -0.480 e. The number of β-amino-alcohol motifs (C(OH)–C–C–N with tert-alkyl or cyclic N) is 1. The highest BCUT2D eigenvalue weighted by Crippen LogP contribution is 2.19. The van der Waals surface area contributed by atoms with E-state index in [0.29, 0.717) is 0 Å². The highest BCUT2D eigenvalue weighted by molar-refractivity contribution is 5.91. The SMILES string of the molecule is N[C@@H](CC[C@]1(O)CNC1=O)C(=O)N[C@@H](CO)C(=O)O. The first-order valence-electron chi connectivity index (χ1n) is 5.70. The van der Waals surface area contributed by atoms with Crippen LogP contribution in [0.2, 0.25) is 0 Å². The highest BCUT2D eigenvalue weighted by atomic mass is 16.4. The summed E-state index contributed by atoms with van der Waals surface area (Å²) in [6.45, 7) is -0.644. The minimum atomic E-state index is -1.50. The van der Waals surface area contributed by atoms with Crippen LogP contribution >= 0.6 is 0 Å². The molecule has 3 atom stereocenters. The molecule has 1 fully saturated rings. The molecule has 1 heterocycles. The van der Waals surface area contributed by atoms with Gasteiger partial charge in [0.25, 0.3) is 5.91 Å². The first-order chi connectivity index (χ1) is 8.80. The van der Waals surface area contributed by atoms with Crippen molar-refractivity contribution < 1.29 is 29.7 Å². The van der Waals surface area contributed by atoms with E-state index in [9.17, 15) is 19.5 Å². The Hall–Kier alpha value is -1.71. The fourth-order valence-electron chi connectivity index (χ4n) is 1.56. The summed E-state index contributed by atoms with van der Waals surface area (Å²) < 4.78 is 0. The molecule has 9 heteroatoms. The van der Waals surface area contributed by atoms with Gasteiger partial charge in [-0.1, -0.05) is 0 Å². The highest BCUT2D eigenvalue weighted by Gasteiger charge is 2.44. The lowest BCUT2D eigenvalue weighted by molar-refractivity contribution is -0.153. The van der Waals surface area contributed by atoms with Gasteiger partial charge in [0.15, 0.2) is 5.60 Å². The van der Waals surface area contributed by atoms with Crippen LogP contribution in [0.1, 0.15) is 12.8 Å². The van der Waals surface area contributed by atoms with Crippen molar-refractivity contribution in [3.05, 3.63) is 0 Å². The van der Waals surface area contributed by atoms with Crippen LogP contribution in [-0.2, 0) is 14.4 Å². The number of carbonyl (C=O) groups is 3. The number of β-lactam (4-membered cyclic amide) rings is 1. The Labute approximate surface area is 108 Å². The number of carbonyl (C=O) groups excluding carboxylic acids is 2. The lowest BCUT2D eigenvalue weighted by atomic mass is 9.88. The van der Waals surface area contributed by atoms with Gasteiger partial charge in [-0.3, -0.25) is 9.59 Å². The largest absolute Gasteiger partial charge is 0.480 e. The number of hydrogen-bond acceptors (Lipinski definition) is 6. The summed E-state index contributed by atoms with van der Waals surface area (Å²) in [7, 11) is 0. The fourth-order valence-corrected chi connectivity index (χ4v) is 1.56. The van der Waals surface area contributed by atoms with E-state index in [1.807, 2.05) is 0 Å². The Morgan fingerprint density at radius 3 is 2.53 bits per heavy atom. The van der Waals surface area contributed by atoms with E-state index < -0.39 is 42.1 Å². The van der Waals surface area contributed by atoms with Gasteiger partial charge in [-0.05, 0) is 12.8 Å². The molecule has 1 saturated heterocycles. The van der Waals surface area contributed by atoms with Gasteiger partial charge in [-0.2, -0.15) is 0 Å². The number of aliphatic hydroxyl groups is 2. The number of carboxylic acids is 1. The molecule has 0 bridgehead atoms. The summed E-state index contributed by atoms with van der Waals surface area (Å²) in [4.78, 5) is 33.2. The van der Waals surface area contributed by atoms with Gasteiger partial charge in [0.1, 0.15) is 6.04 Å². The quantitative estimate of drug-likeness (QED) is 0.263. The van der Waals surface area contributed by atoms with Crippen molar-refractivity contribution in [1.82, 2.24) is 10.6 Å². The van der Waals surface area contributed by atoms with Crippen LogP contribution in [0.25, 0.3) is 0 Å². The Morgan fingerprint density at radius 1 is 1.53 bits per heavy atom. The van der Waals surface area contributed by atoms with E-state index in [4.69, 9.17) is 15.9 Å². The topological polar surface area (TPSA) is 162 Å². The van der Waals surface area contributed by atoms with Crippen molar-refractivity contribution in [2.75, 3.05) is 13.2 Å². The Kier molecular flexibility index (Phi) is 4.81. The van der Waals surface area contributed by atoms with Crippen molar-refractivity contribution >= 4 is 17.8 Å². The number of carboxylic acid groups (broad SMARTS) is 1. The molecule has 0 aromatic carbocycles. The average Bonchev–Trinajstić information content (AvgIpc) is 2.38. The number of nitrogens with one attached hydrogen (secondary N) is 2. The lowest BCUT2D eigenvalue weighted by Gasteiger charge is -2.36. The molecule has 0 aromatic rings. The van der Waals surface area contributed by atoms with Crippen molar-refractivity contribution in [2.45, 2.75) is 30.5 Å². The Balaban J connectivity index is 2.40. The maximum Gasteiger partial charge on any atom is 0.328 e. The van der Waals surface area contributed by atoms with E-state index in [1.54, 1.807) is 0 Å². The predicted octanol–water partition coefficient (Wildman–Crippen LogP) is -3.48. The number of nitrogens with two attached hydrogens (primary N) is 1. The summed E-state index contributed by atoms with van der Waals surface area (Å²) in [5.74, 6) is -2.65. The van der Waals surface area contributed by atoms with Crippen LogP contribution in [0, 0.1) is 0 Å². The molecule has 0 saturated carbocycles. The zero-order chi connectivity index (χ0) is 14.6. The third kappa shape index (κ3) is 3.63. The van der Waals surface area contributed by atoms with Gasteiger partial charge < -0.3 is 31.7 Å². The second-order valence-corrected chi connectivity index (χ2v) is 4.44. The third-order valence-electron chi connectivity index (χ3n) is 2.97. The molecule has 0 radical (unpaired) electrons. The summed E-state index contributed by atoms with van der Waals surface area (Å²) in [6.07, 6.45) is 0.0256. The molecular formula is C10H17N3O6. The number of aliphatic hydroxyl groups excluding tert-OH is 1. The molecule has 0 aromatic heterocycles. The number of rotatable bonds is 7. The van der Waals surface area contributed by atoms with Crippen molar-refractivity contribution in [2.24, 2.45) is 5.73 Å². The predicted molar refractivity (Wildman–Crippen MR) is 61.8 cm³/mol. The normalized spacial score (nSPS) is 24.9. The van der Waals surface area contributed by atoms with E-state index in [2.05, 4.69) is 10.6 Å². The van der Waals surface area contributed by atoms with Gasteiger partial charge in [-0.15, -0.1) is 0 Å². The van der Waals surface area contributed by atoms with Gasteiger partial charge in [0, 0.05) is 0 Å². The van der Waals surface area contributed by atoms with Gasteiger partial charge >= 0.3 is 5.97 Å². The van der Waals surface area contributed by atoms with Gasteiger partial charge in [0.2, 0.25) is 5.91 Å². The van der Waals surface area contributed by atoms with Crippen molar-refractivity contribution in [3.63, 3.8) is 0 Å². The molecule has 0 aliphatic carbocycles. The molecule has 2 amide bonds. The van der Waals surface area contributed by atoms with Crippen LogP contribution in [0.15, 0.2) is 0 Å². The second-order valence-electron chi connectivity index (χ2n) is 4.44. The first-order valence-corrected chi connectivity index (χ1v) is 5.70. The molecule has 1 aliphatic rings. The second kappa shape index (κ2) is 5.95. The number of amides is 2. The smallest absolute Gasteiger partial charge is 0.328 e. The van der Waals surface area contributed by atoms with E-state index in [0.717, 1.165) is 0 Å². The molecular weight excluding hydrogens is 258 g/mol. The summed E-state index contributed by atoms with van der Waals surface area (Å²) >= 11 is 0. The summed E-state index contributed by atoms with van der Waals surface area (Å²) in [5.41, 5.74) is 4.02. The summed E-state index contributed by atoms with van der Waals surface area (Å²) in [6, 6.07) is -2.49. The van der Waals surface area contributed by atoms with Crippen LogP contribution < -0.4 is 16.4 Å². The van der Waals surface area contributed by atoms with Crippen LogP contribution in [-0.4, -0.2) is 63.9 Å². The molecule has 9 nitrogen and oxygen atoms in total. The molecule has 7 N–H and O–H groups in total. The van der Waals surface area contributed by atoms with Gasteiger partial charge in [0.05, 0.1) is 19.2 Å². The molecule has 0 unspecified atom stereocenters. The van der Waals surface area contributed by atoms with Crippen molar-refractivity contribution in [3.8, 4) is 0 Å². The lowest BCUT2D eigenvalue weighted by Crippen LogP contribution is -2.65. The monoisotopic (exact) mass is 275 g/mol. The molecule has 1 aliphatic heterocycles. The number of hydrogen-bond donors (Lipinski definition) is 6. The maximum absolute atomic E-state index is 11.5. The summed E-state index contributed by atoms with van der Waals surface area (Å²) in [5, 5.41) is 31.5. The molecule has 19 heavy (non-hydrogen) atoms. The fraction of sp³-hybridized carbons (Fsp3) is 0.700. The third-order valence-corrected chi connectivity index (χ3v) is 2.97. The Bertz CT molecular complexity index is 387. The van der Waals surface area contributed by atoms with Crippen LogP contribution in [0.3, 0.4) is 0 Å². The van der Waals surface area contributed by atoms with Crippen LogP contribution in [0.4, 0.5) is 0 Å². The number of aliphatic carboxylic acids is 1. The van der Waals surface area contributed by atoms with Gasteiger partial charge in [-0.25, -0.2) is 4.79 Å². The van der Waals surface area contributed by atoms with E-state index in [1.165, 1.54) is 0 Å². The van der Waals surface area contributed by atoms with E-state index in [-0.39, 0.29) is 19.4 Å². The molecule has 0 spiro atoms. The first kappa shape index (κ1) is 15.3. The maximum atomic E-state index is 11.5. The zero-order valence-corrected chi connectivity index (χ0v) is 10.1. The van der Waals surface area contributed by atoms with E-state index >= 15 is 0 Å². The molecule has 1 rings (SSSR count). The Morgan fingerprint density at radius 2 is 2.16 bits per heavy atom. The zero-order valence-electron chi connectivity index (χ0n) is 10.1. The van der Waals surface area contributed by atoms with Crippen molar-refractivity contribution in [1.29, 1.82) is 0 Å². The van der Waals surface area contributed by atoms with Crippen LogP contribution in [0.5, 0.6) is 0 Å². The average molecular weight is 275 g/mol. The molecule has 108 valence electrons. The standard InChI is InChI=1S/C10H17N3O6/c11-5(1-2-10(19)4-12-9(10)18)7(15)13-6(3-14)8(16)17/h5-6,14,19H,1-4,11H2,(H,12,18)(H,13,15)(H,16,17)/t5-,6-,10-/m0/s1. The minimum absolute atomic E-state index is 0.00425.